The van der Waals surface area contributed by atoms with Crippen LogP contribution in [0.1, 0.15) is 36.5 Å². The van der Waals surface area contributed by atoms with Crippen molar-refractivity contribution < 1.29 is 9.53 Å². The molecule has 0 radical (unpaired) electrons. The summed E-state index contributed by atoms with van der Waals surface area (Å²) in [5.41, 5.74) is 2.27. The highest BCUT2D eigenvalue weighted by atomic mass is 35.5. The second-order valence-corrected chi connectivity index (χ2v) is 6.43. The zero-order chi connectivity index (χ0) is 16.9. The number of benzene rings is 1. The maximum absolute atomic E-state index is 12.0. The minimum absolute atomic E-state index is 0.0350. The molecule has 128 valence electrons. The van der Waals surface area contributed by atoms with Crippen molar-refractivity contribution in [1.82, 2.24) is 14.9 Å². The number of fused-ring (bicyclic) bond motifs is 1. The second kappa shape index (κ2) is 7.71. The number of aromatic nitrogens is 2. The Hall–Kier alpha value is -2.01. The number of ether oxygens (including phenoxy) is 1. The molecule has 0 fully saturated rings. The molecule has 0 saturated carbocycles. The number of hydrogen-bond acceptors (Lipinski definition) is 3. The first-order valence-corrected chi connectivity index (χ1v) is 8.71. The van der Waals surface area contributed by atoms with Gasteiger partial charge in [-0.25, -0.2) is 4.98 Å². The van der Waals surface area contributed by atoms with Crippen LogP contribution in [0.3, 0.4) is 0 Å². The van der Waals surface area contributed by atoms with E-state index in [0.717, 1.165) is 24.5 Å². The molecule has 0 aliphatic carbocycles. The Bertz CT molecular complexity index is 727. The molecule has 1 aliphatic rings. The van der Waals surface area contributed by atoms with E-state index in [1.807, 2.05) is 19.1 Å². The predicted molar refractivity (Wildman–Crippen MR) is 93.3 cm³/mol. The van der Waals surface area contributed by atoms with Crippen LogP contribution in [0, 0.1) is 6.92 Å². The first-order valence-electron chi connectivity index (χ1n) is 8.33. The summed E-state index contributed by atoms with van der Waals surface area (Å²) < 4.78 is 7.81. The van der Waals surface area contributed by atoms with Crippen LogP contribution in [0.4, 0.5) is 0 Å². The molecule has 1 aromatic carbocycles. The zero-order valence-corrected chi connectivity index (χ0v) is 14.6. The number of nitrogens with zero attached hydrogens (tertiary/aromatic N) is 2. The summed E-state index contributed by atoms with van der Waals surface area (Å²) in [5.74, 6) is 1.68. The molecule has 3 rings (SSSR count). The summed E-state index contributed by atoms with van der Waals surface area (Å²) >= 11 is 5.90. The number of carbonyl (C=O) groups is 1. The Morgan fingerprint density at radius 3 is 3.12 bits per heavy atom. The van der Waals surface area contributed by atoms with Gasteiger partial charge in [-0.2, -0.15) is 0 Å². The number of halogens is 1. The van der Waals surface area contributed by atoms with Crippen molar-refractivity contribution in [1.29, 1.82) is 0 Å². The van der Waals surface area contributed by atoms with E-state index in [0.29, 0.717) is 30.3 Å². The van der Waals surface area contributed by atoms with Gasteiger partial charge in [-0.15, -0.1) is 0 Å². The first-order chi connectivity index (χ1) is 11.6. The highest BCUT2D eigenvalue weighted by molar-refractivity contribution is 6.30. The van der Waals surface area contributed by atoms with E-state index in [2.05, 4.69) is 14.9 Å². The number of rotatable bonds is 6. The number of nitrogens with one attached hydrogen (secondary N) is 1. The van der Waals surface area contributed by atoms with Gasteiger partial charge in [0.05, 0.1) is 25.3 Å². The fourth-order valence-corrected chi connectivity index (χ4v) is 3.22. The Morgan fingerprint density at radius 2 is 2.29 bits per heavy atom. The van der Waals surface area contributed by atoms with Gasteiger partial charge in [-0.1, -0.05) is 17.7 Å². The van der Waals surface area contributed by atoms with Gasteiger partial charge < -0.3 is 14.6 Å². The lowest BCUT2D eigenvalue weighted by Gasteiger charge is -2.16. The smallest absolute Gasteiger partial charge is 0.223 e. The lowest BCUT2D eigenvalue weighted by molar-refractivity contribution is -0.121. The molecule has 0 spiro atoms. The van der Waals surface area contributed by atoms with E-state index in [-0.39, 0.29) is 5.91 Å². The average molecular weight is 348 g/mol. The van der Waals surface area contributed by atoms with Crippen LogP contribution >= 0.6 is 11.6 Å². The van der Waals surface area contributed by atoms with Crippen LogP contribution in [-0.4, -0.2) is 22.1 Å². The van der Waals surface area contributed by atoms with Crippen LogP contribution in [0.15, 0.2) is 24.3 Å². The van der Waals surface area contributed by atoms with E-state index < -0.39 is 0 Å². The standard InChI is InChI=1S/C18H22ClN3O2/c1-13-21-16(17-7-2-3-9-22(13)17)12-20-18(23)8-10-24-15-6-4-5-14(19)11-15/h4-6,11H,2-3,7-10,12H2,1H3,(H,20,23). The fourth-order valence-electron chi connectivity index (χ4n) is 3.04. The van der Waals surface area contributed by atoms with Gasteiger partial charge in [0, 0.05) is 17.3 Å². The lowest BCUT2D eigenvalue weighted by atomic mass is 10.1. The third-order valence-electron chi connectivity index (χ3n) is 4.24. The van der Waals surface area contributed by atoms with Crippen LogP contribution in [0.5, 0.6) is 5.75 Å². The quantitative estimate of drug-likeness (QED) is 0.872. The summed E-state index contributed by atoms with van der Waals surface area (Å²) in [7, 11) is 0. The summed E-state index contributed by atoms with van der Waals surface area (Å²) in [5, 5.41) is 3.56. The molecule has 1 N–H and O–H groups in total. The average Bonchev–Trinajstić information content (AvgIpc) is 2.90. The molecule has 0 bridgehead atoms. The lowest BCUT2D eigenvalue weighted by Crippen LogP contribution is -2.25. The monoisotopic (exact) mass is 347 g/mol. The Kier molecular flexibility index (Phi) is 5.41. The molecule has 24 heavy (non-hydrogen) atoms. The minimum atomic E-state index is -0.0350. The summed E-state index contributed by atoms with van der Waals surface area (Å²) in [6, 6.07) is 7.17. The number of aryl methyl sites for hydroxylation is 1. The van der Waals surface area contributed by atoms with Gasteiger partial charge in [0.1, 0.15) is 11.6 Å². The van der Waals surface area contributed by atoms with Crippen molar-refractivity contribution in [3.8, 4) is 5.75 Å². The maximum atomic E-state index is 12.0. The summed E-state index contributed by atoms with van der Waals surface area (Å²) in [6.07, 6.45) is 3.75. The molecule has 1 aliphatic heterocycles. The normalized spacial score (nSPS) is 13.4. The fraction of sp³-hybridized carbons (Fsp3) is 0.444. The van der Waals surface area contributed by atoms with Crippen molar-refractivity contribution in [2.45, 2.75) is 45.7 Å². The van der Waals surface area contributed by atoms with Gasteiger partial charge in [0.15, 0.2) is 0 Å². The van der Waals surface area contributed by atoms with E-state index in [1.54, 1.807) is 12.1 Å². The van der Waals surface area contributed by atoms with Gasteiger partial charge in [-0.3, -0.25) is 4.79 Å². The topological polar surface area (TPSA) is 56.1 Å². The molecule has 6 heteroatoms. The van der Waals surface area contributed by atoms with Crippen molar-refractivity contribution >= 4 is 17.5 Å². The number of amides is 1. The van der Waals surface area contributed by atoms with E-state index in [9.17, 15) is 4.79 Å². The van der Waals surface area contributed by atoms with Crippen molar-refractivity contribution in [2.24, 2.45) is 0 Å². The van der Waals surface area contributed by atoms with Crippen LogP contribution in [0.25, 0.3) is 0 Å². The first kappa shape index (κ1) is 16.8. The van der Waals surface area contributed by atoms with Crippen molar-refractivity contribution in [3.63, 3.8) is 0 Å². The molecule has 5 nitrogen and oxygen atoms in total. The van der Waals surface area contributed by atoms with Crippen LogP contribution in [0.2, 0.25) is 5.02 Å². The van der Waals surface area contributed by atoms with E-state index in [1.165, 1.54) is 18.5 Å². The molecule has 1 amide bonds. The second-order valence-electron chi connectivity index (χ2n) is 5.99. The van der Waals surface area contributed by atoms with Crippen molar-refractivity contribution in [2.75, 3.05) is 6.61 Å². The highest BCUT2D eigenvalue weighted by Crippen LogP contribution is 2.20. The van der Waals surface area contributed by atoms with Gasteiger partial charge >= 0.3 is 0 Å². The minimum Gasteiger partial charge on any atom is -0.493 e. The third kappa shape index (κ3) is 4.09. The largest absolute Gasteiger partial charge is 0.493 e. The van der Waals surface area contributed by atoms with Gasteiger partial charge in [0.2, 0.25) is 5.91 Å². The van der Waals surface area contributed by atoms with Crippen molar-refractivity contribution in [3.05, 3.63) is 46.5 Å². The van der Waals surface area contributed by atoms with Gasteiger partial charge in [-0.05, 0) is 44.4 Å². The molecule has 0 atom stereocenters. The summed E-state index contributed by atoms with van der Waals surface area (Å²) in [4.78, 5) is 16.6. The zero-order valence-electron chi connectivity index (χ0n) is 13.8. The predicted octanol–water partition coefficient (Wildman–Crippen LogP) is 3.27. The summed E-state index contributed by atoms with van der Waals surface area (Å²) in [6.45, 7) is 3.88. The highest BCUT2D eigenvalue weighted by Gasteiger charge is 2.17. The molecule has 0 saturated heterocycles. The molecule has 2 aromatic rings. The van der Waals surface area contributed by atoms with E-state index in [4.69, 9.17) is 16.3 Å². The van der Waals surface area contributed by atoms with Gasteiger partial charge in [0.25, 0.3) is 0 Å². The maximum Gasteiger partial charge on any atom is 0.223 e. The van der Waals surface area contributed by atoms with Crippen LogP contribution in [-0.2, 0) is 24.3 Å². The molecule has 1 aromatic heterocycles. The number of carbonyl (C=O) groups excluding carboxylic acids is 1. The Labute approximate surface area is 147 Å². The molecule has 2 heterocycles. The van der Waals surface area contributed by atoms with E-state index >= 15 is 0 Å². The Balaban J connectivity index is 1.46. The third-order valence-corrected chi connectivity index (χ3v) is 4.47. The number of imidazole rings is 1. The molecular weight excluding hydrogens is 326 g/mol. The van der Waals surface area contributed by atoms with Crippen LogP contribution < -0.4 is 10.1 Å². The molecule has 0 unspecified atom stereocenters. The molecular formula is C18H22ClN3O2. The SMILES string of the molecule is Cc1nc(CNC(=O)CCOc2cccc(Cl)c2)c2n1CCCC2. The number of hydrogen-bond donors (Lipinski definition) is 1. The Morgan fingerprint density at radius 1 is 1.42 bits per heavy atom.